The molecule has 0 radical (unpaired) electrons. The summed E-state index contributed by atoms with van der Waals surface area (Å²) in [4.78, 5) is 21.4. The molecule has 0 aliphatic rings. The number of aliphatic hydroxyl groups excluding tert-OH is 2. The van der Waals surface area contributed by atoms with Crippen LogP contribution in [0.1, 0.15) is 25.7 Å². The predicted molar refractivity (Wildman–Crippen MR) is 143 cm³/mol. The largest absolute Gasteiger partial charge is 0.493 e. The van der Waals surface area contributed by atoms with Gasteiger partial charge in [-0.2, -0.15) is 0 Å². The number of methoxy groups -OCH3 is 1. The fourth-order valence-corrected chi connectivity index (χ4v) is 4.40. The quantitative estimate of drug-likeness (QED) is 0.212. The van der Waals surface area contributed by atoms with Gasteiger partial charge in [-0.3, -0.25) is 14.7 Å². The summed E-state index contributed by atoms with van der Waals surface area (Å²) in [6.45, 7) is 2.60. The molecule has 0 saturated heterocycles. The van der Waals surface area contributed by atoms with Crippen LogP contribution >= 0.6 is 23.2 Å². The van der Waals surface area contributed by atoms with E-state index in [1.165, 1.54) is 18.5 Å². The highest BCUT2D eigenvalue weighted by atomic mass is 35.5. The predicted octanol–water partition coefficient (Wildman–Crippen LogP) is 4.21. The normalized spacial score (nSPS) is 11.3. The van der Waals surface area contributed by atoms with Crippen LogP contribution in [0.5, 0.6) is 11.5 Å². The highest BCUT2D eigenvalue weighted by Gasteiger charge is 2.16. The third-order valence-electron chi connectivity index (χ3n) is 5.72. The number of unbranched alkanes of at least 4 members (excludes halogenated alkanes) is 3. The van der Waals surface area contributed by atoms with Crippen LogP contribution in [-0.4, -0.2) is 71.6 Å². The van der Waals surface area contributed by atoms with Gasteiger partial charge >= 0.3 is 0 Å². The lowest BCUT2D eigenvalue weighted by atomic mass is 10.1. The van der Waals surface area contributed by atoms with Crippen molar-refractivity contribution in [3.8, 4) is 11.5 Å². The summed E-state index contributed by atoms with van der Waals surface area (Å²) < 4.78 is 11.6. The summed E-state index contributed by atoms with van der Waals surface area (Å²) in [5.74, 6) is 0.971. The molecule has 3 rings (SSSR count). The fourth-order valence-electron chi connectivity index (χ4n) is 3.94. The van der Waals surface area contributed by atoms with E-state index < -0.39 is 0 Å². The number of ether oxygens (including phenoxy) is 2. The number of pyridine rings is 2. The Bertz CT molecular complexity index is 1160. The minimum Gasteiger partial charge on any atom is -0.493 e. The number of nitrogens with one attached hydrogen (secondary N) is 2. The monoisotopic (exact) mass is 538 g/mol. The summed E-state index contributed by atoms with van der Waals surface area (Å²) in [5.41, 5.74) is 1.16. The lowest BCUT2D eigenvalue weighted by molar-refractivity contribution is 0.159. The summed E-state index contributed by atoms with van der Waals surface area (Å²) in [6, 6.07) is 5.04. The second-order valence-electron chi connectivity index (χ2n) is 8.22. The van der Waals surface area contributed by atoms with Gasteiger partial charge in [0.25, 0.3) is 5.56 Å². The molecule has 3 aromatic rings. The third-order valence-corrected chi connectivity index (χ3v) is 6.29. The van der Waals surface area contributed by atoms with Crippen LogP contribution in [0.25, 0.3) is 10.9 Å². The summed E-state index contributed by atoms with van der Waals surface area (Å²) in [6.07, 6.45) is 6.70. The van der Waals surface area contributed by atoms with Crippen LogP contribution in [0.15, 0.2) is 35.4 Å². The number of aromatic amines is 1. The Morgan fingerprint density at radius 1 is 1.03 bits per heavy atom. The SMILES string of the molecule is COc1ccc2c(Nc3c(Cl)cncc3Cl)cc(=O)[nH]c2c1OCCCCCCN(CCO)CCO. The molecule has 0 atom stereocenters. The van der Waals surface area contributed by atoms with Crippen molar-refractivity contribution < 1.29 is 19.7 Å². The minimum absolute atomic E-state index is 0.0860. The van der Waals surface area contributed by atoms with E-state index in [9.17, 15) is 4.79 Å². The van der Waals surface area contributed by atoms with Crippen molar-refractivity contribution in [3.05, 3.63) is 51.0 Å². The molecule has 9 nitrogen and oxygen atoms in total. The third kappa shape index (κ3) is 7.47. The summed E-state index contributed by atoms with van der Waals surface area (Å²) >= 11 is 12.5. The van der Waals surface area contributed by atoms with E-state index in [4.69, 9.17) is 42.9 Å². The van der Waals surface area contributed by atoms with Gasteiger partial charge in [0.1, 0.15) is 0 Å². The number of H-pyrrole nitrogens is 1. The van der Waals surface area contributed by atoms with Gasteiger partial charge in [-0.1, -0.05) is 36.0 Å². The maximum absolute atomic E-state index is 12.5. The smallest absolute Gasteiger partial charge is 0.250 e. The highest BCUT2D eigenvalue weighted by molar-refractivity contribution is 6.39. The zero-order valence-corrected chi connectivity index (χ0v) is 21.7. The molecule has 0 unspecified atom stereocenters. The van der Waals surface area contributed by atoms with Crippen molar-refractivity contribution in [2.45, 2.75) is 25.7 Å². The van der Waals surface area contributed by atoms with Gasteiger partial charge < -0.3 is 30.0 Å². The molecular formula is C25H32Cl2N4O5. The van der Waals surface area contributed by atoms with E-state index in [1.807, 2.05) is 11.0 Å². The van der Waals surface area contributed by atoms with Gasteiger partial charge in [-0.25, -0.2) is 0 Å². The van der Waals surface area contributed by atoms with E-state index in [-0.39, 0.29) is 18.8 Å². The lowest BCUT2D eigenvalue weighted by Crippen LogP contribution is -2.30. The zero-order chi connectivity index (χ0) is 25.9. The topological polar surface area (TPSA) is 120 Å². The molecule has 196 valence electrons. The second-order valence-corrected chi connectivity index (χ2v) is 9.04. The average molecular weight is 539 g/mol. The number of hydrogen-bond acceptors (Lipinski definition) is 8. The van der Waals surface area contributed by atoms with Gasteiger partial charge in [0.15, 0.2) is 11.5 Å². The maximum Gasteiger partial charge on any atom is 0.250 e. The molecule has 11 heteroatoms. The van der Waals surface area contributed by atoms with E-state index in [2.05, 4.69) is 15.3 Å². The highest BCUT2D eigenvalue weighted by Crippen LogP contribution is 2.39. The first-order valence-corrected chi connectivity index (χ1v) is 12.6. The number of halogens is 2. The average Bonchev–Trinajstić information content (AvgIpc) is 2.85. The van der Waals surface area contributed by atoms with Gasteiger partial charge in [-0.05, 0) is 31.5 Å². The Morgan fingerprint density at radius 2 is 1.72 bits per heavy atom. The van der Waals surface area contributed by atoms with Crippen LogP contribution in [-0.2, 0) is 0 Å². The number of nitrogens with zero attached hydrogens (tertiary/aromatic N) is 2. The van der Waals surface area contributed by atoms with Crippen molar-refractivity contribution in [1.29, 1.82) is 0 Å². The first-order chi connectivity index (χ1) is 17.5. The minimum atomic E-state index is -0.320. The Morgan fingerprint density at radius 3 is 2.39 bits per heavy atom. The van der Waals surface area contributed by atoms with E-state index in [1.54, 1.807) is 13.2 Å². The molecule has 1 aromatic carbocycles. The molecule has 0 spiro atoms. The molecule has 2 heterocycles. The molecule has 0 bridgehead atoms. The Kier molecular flexibility index (Phi) is 11.1. The number of aromatic nitrogens is 2. The number of benzene rings is 1. The first-order valence-electron chi connectivity index (χ1n) is 11.9. The Balaban J connectivity index is 1.69. The molecule has 2 aromatic heterocycles. The number of fused-ring (bicyclic) bond motifs is 1. The van der Waals surface area contributed by atoms with Crippen LogP contribution in [0, 0.1) is 0 Å². The van der Waals surface area contributed by atoms with Crippen LogP contribution in [0.2, 0.25) is 10.0 Å². The Hall–Kier alpha value is -2.56. The standard InChI is InChI=1S/C25H32Cl2N4O5/c1-35-21-7-6-17-20(29-24-18(26)15-28-16-19(24)27)14-22(34)30-23(17)25(21)36-13-5-3-2-4-8-31(9-11-32)10-12-33/h6-7,14-16,32-33H,2-5,8-13H2,1H3,(H2,28,29,30,34). The lowest BCUT2D eigenvalue weighted by Gasteiger charge is -2.19. The van der Waals surface area contributed by atoms with Crippen molar-refractivity contribution >= 4 is 45.5 Å². The molecule has 4 N–H and O–H groups in total. The number of anilines is 2. The number of aliphatic hydroxyl groups is 2. The zero-order valence-electron chi connectivity index (χ0n) is 20.2. The molecular weight excluding hydrogens is 507 g/mol. The van der Waals surface area contributed by atoms with Crippen molar-refractivity contribution in [2.24, 2.45) is 0 Å². The van der Waals surface area contributed by atoms with Crippen LogP contribution in [0.4, 0.5) is 11.4 Å². The fraction of sp³-hybridized carbons (Fsp3) is 0.440. The molecule has 0 fully saturated rings. The molecule has 0 saturated carbocycles. The molecule has 0 aliphatic carbocycles. The molecule has 0 amide bonds. The van der Waals surface area contributed by atoms with Crippen molar-refractivity contribution in [2.75, 3.05) is 51.9 Å². The van der Waals surface area contributed by atoms with Crippen LogP contribution < -0.4 is 20.3 Å². The Labute approximate surface area is 220 Å². The van der Waals surface area contributed by atoms with Gasteiger partial charge in [-0.15, -0.1) is 0 Å². The number of hydrogen-bond donors (Lipinski definition) is 4. The van der Waals surface area contributed by atoms with E-state index >= 15 is 0 Å². The van der Waals surface area contributed by atoms with Gasteiger partial charge in [0.05, 0.1) is 53.9 Å². The van der Waals surface area contributed by atoms with E-state index in [0.717, 1.165) is 32.2 Å². The van der Waals surface area contributed by atoms with E-state index in [0.29, 0.717) is 63.5 Å². The van der Waals surface area contributed by atoms with Gasteiger partial charge in [0.2, 0.25) is 0 Å². The maximum atomic E-state index is 12.5. The summed E-state index contributed by atoms with van der Waals surface area (Å²) in [7, 11) is 1.55. The molecule has 0 aliphatic heterocycles. The number of rotatable bonds is 15. The van der Waals surface area contributed by atoms with Crippen LogP contribution in [0.3, 0.4) is 0 Å². The van der Waals surface area contributed by atoms with Gasteiger partial charge in [0, 0.05) is 36.9 Å². The summed E-state index contributed by atoms with van der Waals surface area (Å²) in [5, 5.41) is 22.7. The first kappa shape index (κ1) is 28.0. The van der Waals surface area contributed by atoms with Crippen molar-refractivity contribution in [3.63, 3.8) is 0 Å². The molecule has 36 heavy (non-hydrogen) atoms. The van der Waals surface area contributed by atoms with Crippen molar-refractivity contribution in [1.82, 2.24) is 14.9 Å². The second kappa shape index (κ2) is 14.2.